The molecule has 0 fully saturated rings. The van der Waals surface area contributed by atoms with E-state index in [1.165, 1.54) is 18.5 Å². The first kappa shape index (κ1) is 13.7. The van der Waals surface area contributed by atoms with Gasteiger partial charge in [-0.3, -0.25) is 0 Å². The summed E-state index contributed by atoms with van der Waals surface area (Å²) >= 11 is 0. The van der Waals surface area contributed by atoms with Gasteiger partial charge in [-0.2, -0.15) is 0 Å². The van der Waals surface area contributed by atoms with Crippen molar-refractivity contribution in [2.24, 2.45) is 0 Å². The van der Waals surface area contributed by atoms with Crippen LogP contribution in [0.5, 0.6) is 11.5 Å². The number of hydrogen-bond acceptors (Lipinski definition) is 5. The molecule has 1 N–H and O–H groups in total. The van der Waals surface area contributed by atoms with Gasteiger partial charge in [-0.15, -0.1) is 0 Å². The Morgan fingerprint density at radius 2 is 1.74 bits per heavy atom. The zero-order valence-electron chi connectivity index (χ0n) is 11.8. The third-order valence-corrected chi connectivity index (χ3v) is 3.48. The van der Waals surface area contributed by atoms with Crippen LogP contribution in [-0.2, 0) is 0 Å². The maximum atomic E-state index is 13.8. The van der Waals surface area contributed by atoms with Crippen LogP contribution in [0.25, 0.3) is 10.9 Å². The van der Waals surface area contributed by atoms with Crippen LogP contribution >= 0.6 is 0 Å². The molecule has 0 amide bonds. The minimum absolute atomic E-state index is 0.126. The molecule has 5 nitrogen and oxygen atoms in total. The minimum Gasteiger partial charge on any atom is -0.486 e. The highest BCUT2D eigenvalue weighted by Crippen LogP contribution is 2.36. The van der Waals surface area contributed by atoms with E-state index in [1.807, 2.05) is 0 Å². The first-order chi connectivity index (χ1) is 11.2. The summed E-state index contributed by atoms with van der Waals surface area (Å²) in [4.78, 5) is 8.32. The number of nitrogens with zero attached hydrogens (tertiary/aromatic N) is 2. The van der Waals surface area contributed by atoms with Gasteiger partial charge in [0.2, 0.25) is 0 Å². The van der Waals surface area contributed by atoms with E-state index in [1.54, 1.807) is 12.1 Å². The van der Waals surface area contributed by atoms with Crippen molar-refractivity contribution in [2.45, 2.75) is 0 Å². The Hall–Kier alpha value is -2.96. The number of fused-ring (bicyclic) bond motifs is 2. The Morgan fingerprint density at radius 3 is 2.52 bits per heavy atom. The smallest absolute Gasteiger partial charge is 0.163 e. The van der Waals surface area contributed by atoms with E-state index in [2.05, 4.69) is 15.3 Å². The lowest BCUT2D eigenvalue weighted by Crippen LogP contribution is -2.15. The van der Waals surface area contributed by atoms with E-state index in [4.69, 9.17) is 9.47 Å². The second-order valence-corrected chi connectivity index (χ2v) is 4.98. The molecule has 0 radical (unpaired) electrons. The Bertz CT molecular complexity index is 902. The number of nitrogens with one attached hydrogen (secondary N) is 1. The molecule has 4 rings (SSSR count). The number of ether oxygens (including phenoxy) is 2. The standard InChI is InChI=1S/C16H11F2N3O2/c17-9-1-2-12(11(18)5-9)21-16-10-6-14-15(23-4-3-22-14)7-13(10)19-8-20-16/h1-2,5-8H,3-4H2,(H,19,20,21). The van der Waals surface area contributed by atoms with Gasteiger partial charge in [-0.25, -0.2) is 18.7 Å². The molecular weight excluding hydrogens is 304 g/mol. The van der Waals surface area contributed by atoms with Crippen LogP contribution in [0.1, 0.15) is 0 Å². The van der Waals surface area contributed by atoms with E-state index < -0.39 is 11.6 Å². The normalized spacial score (nSPS) is 13.1. The van der Waals surface area contributed by atoms with E-state index in [9.17, 15) is 8.78 Å². The predicted octanol–water partition coefficient (Wildman–Crippen LogP) is 3.42. The van der Waals surface area contributed by atoms with Gasteiger partial charge in [0.1, 0.15) is 37.0 Å². The fourth-order valence-corrected chi connectivity index (χ4v) is 2.41. The lowest BCUT2D eigenvalue weighted by atomic mass is 10.2. The summed E-state index contributed by atoms with van der Waals surface area (Å²) in [5, 5.41) is 3.51. The second-order valence-electron chi connectivity index (χ2n) is 4.98. The minimum atomic E-state index is -0.700. The second kappa shape index (κ2) is 5.35. The number of rotatable bonds is 2. The highest BCUT2D eigenvalue weighted by Gasteiger charge is 2.16. The number of benzene rings is 2. The maximum Gasteiger partial charge on any atom is 0.163 e. The van der Waals surface area contributed by atoms with Crippen LogP contribution < -0.4 is 14.8 Å². The van der Waals surface area contributed by atoms with Crippen molar-refractivity contribution in [3.63, 3.8) is 0 Å². The molecule has 0 aliphatic carbocycles. The molecule has 0 saturated carbocycles. The quantitative estimate of drug-likeness (QED) is 0.785. The molecular formula is C16H11F2N3O2. The zero-order valence-corrected chi connectivity index (χ0v) is 11.8. The molecule has 2 heterocycles. The molecule has 0 unspecified atom stereocenters. The van der Waals surface area contributed by atoms with Crippen molar-refractivity contribution in [1.82, 2.24) is 9.97 Å². The van der Waals surface area contributed by atoms with Crippen LogP contribution in [0.15, 0.2) is 36.7 Å². The average Bonchev–Trinajstić information content (AvgIpc) is 2.56. The summed E-state index contributed by atoms with van der Waals surface area (Å²) in [7, 11) is 0. The number of aromatic nitrogens is 2. The first-order valence-corrected chi connectivity index (χ1v) is 6.97. The highest BCUT2D eigenvalue weighted by atomic mass is 19.1. The van der Waals surface area contributed by atoms with Gasteiger partial charge in [0, 0.05) is 17.5 Å². The zero-order chi connectivity index (χ0) is 15.8. The van der Waals surface area contributed by atoms with Crippen molar-refractivity contribution in [3.8, 4) is 11.5 Å². The summed E-state index contributed by atoms with van der Waals surface area (Å²) in [5.74, 6) is 0.259. The summed E-state index contributed by atoms with van der Waals surface area (Å²) in [6.07, 6.45) is 1.36. The van der Waals surface area contributed by atoms with Crippen LogP contribution in [-0.4, -0.2) is 23.2 Å². The molecule has 1 aliphatic rings. The molecule has 23 heavy (non-hydrogen) atoms. The topological polar surface area (TPSA) is 56.3 Å². The Morgan fingerprint density at radius 1 is 0.957 bits per heavy atom. The van der Waals surface area contributed by atoms with Crippen LogP contribution in [0, 0.1) is 11.6 Å². The van der Waals surface area contributed by atoms with Crippen molar-refractivity contribution in [2.75, 3.05) is 18.5 Å². The van der Waals surface area contributed by atoms with Gasteiger partial charge in [-0.05, 0) is 18.2 Å². The van der Waals surface area contributed by atoms with Crippen molar-refractivity contribution in [1.29, 1.82) is 0 Å². The SMILES string of the molecule is Fc1ccc(Nc2ncnc3cc4c(cc23)OCCO4)c(F)c1. The summed E-state index contributed by atoms with van der Waals surface area (Å²) in [6, 6.07) is 6.79. The van der Waals surface area contributed by atoms with E-state index in [0.717, 1.165) is 6.07 Å². The van der Waals surface area contributed by atoms with Crippen LogP contribution in [0.4, 0.5) is 20.3 Å². The van der Waals surface area contributed by atoms with Crippen LogP contribution in [0.3, 0.4) is 0 Å². The molecule has 2 aromatic carbocycles. The third-order valence-electron chi connectivity index (χ3n) is 3.48. The lowest BCUT2D eigenvalue weighted by molar-refractivity contribution is 0.172. The molecule has 116 valence electrons. The van der Waals surface area contributed by atoms with Gasteiger partial charge in [0.15, 0.2) is 11.5 Å². The van der Waals surface area contributed by atoms with Crippen molar-refractivity contribution < 1.29 is 18.3 Å². The van der Waals surface area contributed by atoms with Crippen molar-refractivity contribution in [3.05, 3.63) is 48.3 Å². The van der Waals surface area contributed by atoms with Gasteiger partial charge >= 0.3 is 0 Å². The Labute approximate surface area is 129 Å². The van der Waals surface area contributed by atoms with E-state index in [0.29, 0.717) is 41.4 Å². The average molecular weight is 315 g/mol. The first-order valence-electron chi connectivity index (χ1n) is 6.97. The highest BCUT2D eigenvalue weighted by molar-refractivity contribution is 5.93. The number of hydrogen-bond donors (Lipinski definition) is 1. The molecule has 0 bridgehead atoms. The molecule has 0 atom stereocenters. The summed E-state index contributed by atoms with van der Waals surface area (Å²) < 4.78 is 37.9. The molecule has 1 aliphatic heterocycles. The predicted molar refractivity (Wildman–Crippen MR) is 80.2 cm³/mol. The number of halogens is 2. The molecule has 0 spiro atoms. The van der Waals surface area contributed by atoms with Crippen molar-refractivity contribution >= 4 is 22.4 Å². The number of anilines is 2. The van der Waals surface area contributed by atoms with E-state index >= 15 is 0 Å². The third kappa shape index (κ3) is 2.50. The fourth-order valence-electron chi connectivity index (χ4n) is 2.41. The van der Waals surface area contributed by atoms with Gasteiger partial charge in [-0.1, -0.05) is 0 Å². The molecule has 0 saturated heterocycles. The largest absolute Gasteiger partial charge is 0.486 e. The van der Waals surface area contributed by atoms with Gasteiger partial charge in [0.25, 0.3) is 0 Å². The monoisotopic (exact) mass is 315 g/mol. The molecule has 7 heteroatoms. The molecule has 1 aromatic heterocycles. The summed E-state index contributed by atoms with van der Waals surface area (Å²) in [5.41, 5.74) is 0.760. The Balaban J connectivity index is 1.80. The lowest BCUT2D eigenvalue weighted by Gasteiger charge is -2.19. The molecule has 3 aromatic rings. The van der Waals surface area contributed by atoms with Gasteiger partial charge in [0.05, 0.1) is 11.2 Å². The van der Waals surface area contributed by atoms with Gasteiger partial charge < -0.3 is 14.8 Å². The fraction of sp³-hybridized carbons (Fsp3) is 0.125. The summed E-state index contributed by atoms with van der Waals surface area (Å²) in [6.45, 7) is 0.942. The van der Waals surface area contributed by atoms with E-state index in [-0.39, 0.29) is 5.69 Å². The Kier molecular flexibility index (Phi) is 3.18. The maximum absolute atomic E-state index is 13.8. The van der Waals surface area contributed by atoms with Crippen LogP contribution in [0.2, 0.25) is 0 Å².